The van der Waals surface area contributed by atoms with Crippen LogP contribution in [0, 0.1) is 0 Å². The second-order valence-corrected chi connectivity index (χ2v) is 6.04. The molecule has 2 amide bonds. The molecule has 1 aromatic carbocycles. The van der Waals surface area contributed by atoms with Gasteiger partial charge in [0.05, 0.1) is 11.7 Å². The Kier molecular flexibility index (Phi) is 4.97. The van der Waals surface area contributed by atoms with Gasteiger partial charge in [-0.25, -0.2) is 0 Å². The Labute approximate surface area is 146 Å². The molecule has 25 heavy (non-hydrogen) atoms. The summed E-state index contributed by atoms with van der Waals surface area (Å²) in [7, 11) is 0. The number of hydrogen-bond donors (Lipinski definition) is 1. The Bertz CT molecular complexity index is 764. The van der Waals surface area contributed by atoms with E-state index < -0.39 is 6.10 Å². The number of fused-ring (bicyclic) bond motifs is 1. The number of nitrogens with one attached hydrogen (secondary N) is 1. The highest BCUT2D eigenvalue weighted by atomic mass is 16.5. The Balaban J connectivity index is 1.63. The molecule has 1 N–H and O–H groups in total. The van der Waals surface area contributed by atoms with Crippen molar-refractivity contribution in [1.29, 1.82) is 0 Å². The van der Waals surface area contributed by atoms with Crippen LogP contribution in [0.15, 0.2) is 48.8 Å². The molecule has 2 atom stereocenters. The average molecular weight is 339 g/mol. The van der Waals surface area contributed by atoms with Crippen LogP contribution in [0.5, 0.6) is 5.75 Å². The summed E-state index contributed by atoms with van der Waals surface area (Å²) in [5, 5.41) is 2.95. The third-order valence-corrected chi connectivity index (χ3v) is 4.22. The maximum atomic E-state index is 12.4. The summed E-state index contributed by atoms with van der Waals surface area (Å²) < 4.78 is 5.61. The summed E-state index contributed by atoms with van der Waals surface area (Å²) in [6.07, 6.45) is 3.07. The van der Waals surface area contributed by atoms with Gasteiger partial charge in [0, 0.05) is 25.4 Å². The van der Waals surface area contributed by atoms with Gasteiger partial charge >= 0.3 is 0 Å². The number of para-hydroxylation sites is 2. The lowest BCUT2D eigenvalue weighted by Crippen LogP contribution is -2.45. The predicted molar refractivity (Wildman–Crippen MR) is 94.3 cm³/mol. The quantitative estimate of drug-likeness (QED) is 0.908. The number of rotatable bonds is 5. The monoisotopic (exact) mass is 339 g/mol. The lowest BCUT2D eigenvalue weighted by molar-refractivity contribution is -0.125. The van der Waals surface area contributed by atoms with Gasteiger partial charge in [0.15, 0.2) is 6.10 Å². The second kappa shape index (κ2) is 7.34. The van der Waals surface area contributed by atoms with Crippen molar-refractivity contribution in [2.24, 2.45) is 0 Å². The van der Waals surface area contributed by atoms with E-state index in [1.807, 2.05) is 43.3 Å². The lowest BCUT2D eigenvalue weighted by Gasteiger charge is -2.32. The van der Waals surface area contributed by atoms with E-state index in [4.69, 9.17) is 4.74 Å². The normalized spacial score (nSPS) is 17.4. The van der Waals surface area contributed by atoms with Crippen molar-refractivity contribution in [3.8, 4) is 5.75 Å². The fourth-order valence-electron chi connectivity index (χ4n) is 2.85. The van der Waals surface area contributed by atoms with Gasteiger partial charge in [-0.05, 0) is 43.7 Å². The molecule has 6 nitrogen and oxygen atoms in total. The third-order valence-electron chi connectivity index (χ3n) is 4.22. The summed E-state index contributed by atoms with van der Waals surface area (Å²) in [6, 6.07) is 11.0. The zero-order chi connectivity index (χ0) is 17.8. The van der Waals surface area contributed by atoms with Crippen LogP contribution in [0.1, 0.15) is 31.9 Å². The van der Waals surface area contributed by atoms with Crippen LogP contribution in [0.25, 0.3) is 0 Å². The molecule has 130 valence electrons. The van der Waals surface area contributed by atoms with E-state index in [0.717, 1.165) is 5.56 Å². The van der Waals surface area contributed by atoms with Gasteiger partial charge in [0.25, 0.3) is 5.91 Å². The Hall–Kier alpha value is -2.89. The van der Waals surface area contributed by atoms with E-state index in [0.29, 0.717) is 18.0 Å². The molecular formula is C19H21N3O3. The fourth-order valence-corrected chi connectivity index (χ4v) is 2.85. The summed E-state index contributed by atoms with van der Waals surface area (Å²) in [5.41, 5.74) is 1.70. The van der Waals surface area contributed by atoms with Crippen molar-refractivity contribution in [3.05, 3.63) is 54.4 Å². The fraction of sp³-hybridized carbons (Fsp3) is 0.316. The molecule has 0 spiro atoms. The largest absolute Gasteiger partial charge is 0.479 e. The molecule has 0 saturated carbocycles. The molecule has 0 radical (unpaired) electrons. The maximum absolute atomic E-state index is 12.4. The van der Waals surface area contributed by atoms with Crippen molar-refractivity contribution in [2.45, 2.75) is 32.4 Å². The van der Waals surface area contributed by atoms with Crippen LogP contribution in [-0.4, -0.2) is 29.4 Å². The summed E-state index contributed by atoms with van der Waals surface area (Å²) >= 11 is 0. The van der Waals surface area contributed by atoms with Gasteiger partial charge < -0.3 is 15.0 Å². The van der Waals surface area contributed by atoms with Crippen molar-refractivity contribution in [3.63, 3.8) is 0 Å². The number of anilines is 1. The molecule has 1 aliphatic rings. The van der Waals surface area contributed by atoms with Crippen LogP contribution in [-0.2, 0) is 9.59 Å². The first kappa shape index (κ1) is 17.0. The average Bonchev–Trinajstić information content (AvgIpc) is 2.63. The maximum Gasteiger partial charge on any atom is 0.267 e. The number of ether oxygens (including phenoxy) is 1. The zero-order valence-electron chi connectivity index (χ0n) is 14.3. The number of nitrogens with zero attached hydrogens (tertiary/aromatic N) is 2. The number of carbonyl (C=O) groups excluding carboxylic acids is 2. The summed E-state index contributed by atoms with van der Waals surface area (Å²) in [4.78, 5) is 30.3. The van der Waals surface area contributed by atoms with Crippen LogP contribution in [0.4, 0.5) is 5.69 Å². The Morgan fingerprint density at radius 1 is 1.28 bits per heavy atom. The van der Waals surface area contributed by atoms with Crippen molar-refractivity contribution >= 4 is 17.5 Å². The van der Waals surface area contributed by atoms with Crippen LogP contribution in [0.3, 0.4) is 0 Å². The molecule has 1 aliphatic heterocycles. The summed E-state index contributed by atoms with van der Waals surface area (Å²) in [5.74, 6) is 0.433. The number of aromatic nitrogens is 1. The van der Waals surface area contributed by atoms with Crippen LogP contribution >= 0.6 is 0 Å². The van der Waals surface area contributed by atoms with Crippen molar-refractivity contribution < 1.29 is 14.3 Å². The number of amides is 2. The topological polar surface area (TPSA) is 71.5 Å². The van der Waals surface area contributed by atoms with Crippen LogP contribution < -0.4 is 15.0 Å². The SMILES string of the molecule is CC1Oc2ccccc2N(CCC(=O)NC(C)c2ccncc2)C1=O. The smallest absolute Gasteiger partial charge is 0.267 e. The minimum atomic E-state index is -0.547. The highest BCUT2D eigenvalue weighted by Gasteiger charge is 2.31. The van der Waals surface area contributed by atoms with Crippen LogP contribution in [0.2, 0.25) is 0 Å². The van der Waals surface area contributed by atoms with E-state index in [2.05, 4.69) is 10.3 Å². The first-order valence-corrected chi connectivity index (χ1v) is 8.32. The summed E-state index contributed by atoms with van der Waals surface area (Å²) in [6.45, 7) is 3.96. The molecule has 0 bridgehead atoms. The highest BCUT2D eigenvalue weighted by molar-refractivity contribution is 6.00. The second-order valence-electron chi connectivity index (χ2n) is 6.04. The van der Waals surface area contributed by atoms with Crippen molar-refractivity contribution in [2.75, 3.05) is 11.4 Å². The van der Waals surface area contributed by atoms with Gasteiger partial charge in [-0.15, -0.1) is 0 Å². The van der Waals surface area contributed by atoms with E-state index in [9.17, 15) is 9.59 Å². The standard InChI is InChI=1S/C19H21N3O3/c1-13(15-7-10-20-11-8-15)21-18(23)9-12-22-16-5-3-4-6-17(16)25-14(2)19(22)24/h3-8,10-11,13-14H,9,12H2,1-2H3,(H,21,23). The minimum Gasteiger partial charge on any atom is -0.479 e. The highest BCUT2D eigenvalue weighted by Crippen LogP contribution is 2.33. The molecule has 0 fully saturated rings. The molecule has 2 heterocycles. The number of carbonyl (C=O) groups is 2. The number of hydrogen-bond acceptors (Lipinski definition) is 4. The molecule has 2 aromatic rings. The molecule has 2 unspecified atom stereocenters. The van der Waals surface area contributed by atoms with E-state index in [-0.39, 0.29) is 24.3 Å². The van der Waals surface area contributed by atoms with Gasteiger partial charge in [-0.3, -0.25) is 14.6 Å². The molecule has 1 aromatic heterocycles. The Morgan fingerprint density at radius 3 is 2.76 bits per heavy atom. The van der Waals surface area contributed by atoms with Gasteiger partial charge in [0.2, 0.25) is 5.91 Å². The van der Waals surface area contributed by atoms with E-state index in [1.54, 1.807) is 24.2 Å². The third kappa shape index (κ3) is 3.79. The first-order chi connectivity index (χ1) is 12.1. The van der Waals surface area contributed by atoms with Gasteiger partial charge in [-0.1, -0.05) is 12.1 Å². The number of benzene rings is 1. The zero-order valence-corrected chi connectivity index (χ0v) is 14.3. The Morgan fingerprint density at radius 2 is 2.00 bits per heavy atom. The number of pyridine rings is 1. The minimum absolute atomic E-state index is 0.103. The molecule has 0 aliphatic carbocycles. The van der Waals surface area contributed by atoms with E-state index >= 15 is 0 Å². The lowest BCUT2D eigenvalue weighted by atomic mass is 10.1. The predicted octanol–water partition coefficient (Wildman–Crippen LogP) is 2.46. The first-order valence-electron chi connectivity index (χ1n) is 8.32. The van der Waals surface area contributed by atoms with E-state index in [1.165, 1.54) is 0 Å². The van der Waals surface area contributed by atoms with Crippen molar-refractivity contribution in [1.82, 2.24) is 10.3 Å². The molecule has 3 rings (SSSR count). The molecular weight excluding hydrogens is 318 g/mol. The van der Waals surface area contributed by atoms with Gasteiger partial charge in [-0.2, -0.15) is 0 Å². The molecule has 6 heteroatoms. The molecule has 0 saturated heterocycles. The van der Waals surface area contributed by atoms with Gasteiger partial charge in [0.1, 0.15) is 5.75 Å².